The van der Waals surface area contributed by atoms with Crippen LogP contribution in [-0.4, -0.2) is 32.6 Å². The molecule has 4 N–H and O–H groups in total. The number of carbonyl (C=O) groups excluding carboxylic acids is 1. The van der Waals surface area contributed by atoms with Crippen LogP contribution < -0.4 is 11.1 Å². The average Bonchev–Trinajstić information content (AvgIpc) is 2.90. The molecule has 0 saturated heterocycles. The van der Waals surface area contributed by atoms with Gasteiger partial charge in [0.25, 0.3) is 0 Å². The topological polar surface area (TPSA) is 110 Å². The summed E-state index contributed by atoms with van der Waals surface area (Å²) in [5.74, 6) is 0.193. The number of aromatic amines is 1. The molecule has 0 bridgehead atoms. The maximum atomic E-state index is 11.7. The first-order valence-electron chi connectivity index (χ1n) is 5.55. The first-order chi connectivity index (χ1) is 8.75. The molecule has 2 rings (SSSR count). The molecule has 0 saturated carbocycles. The summed E-state index contributed by atoms with van der Waals surface area (Å²) in [6, 6.07) is 9.04. The summed E-state index contributed by atoms with van der Waals surface area (Å²) in [5.41, 5.74) is 6.84. The van der Waals surface area contributed by atoms with Crippen LogP contribution in [0.5, 0.6) is 0 Å². The molecule has 94 valence electrons. The van der Waals surface area contributed by atoms with Gasteiger partial charge < -0.3 is 11.1 Å². The summed E-state index contributed by atoms with van der Waals surface area (Å²) >= 11 is 0. The number of carbonyl (C=O) groups is 1. The van der Waals surface area contributed by atoms with Crippen LogP contribution in [0, 0.1) is 0 Å². The summed E-state index contributed by atoms with van der Waals surface area (Å²) in [5, 5.41) is 15.8. The van der Waals surface area contributed by atoms with Crippen LogP contribution in [-0.2, 0) is 17.8 Å². The van der Waals surface area contributed by atoms with E-state index in [1.807, 2.05) is 30.3 Å². The monoisotopic (exact) mass is 246 g/mol. The molecule has 1 amide bonds. The van der Waals surface area contributed by atoms with E-state index in [1.54, 1.807) is 0 Å². The van der Waals surface area contributed by atoms with Crippen molar-refractivity contribution >= 4 is 5.91 Å². The zero-order chi connectivity index (χ0) is 12.8. The van der Waals surface area contributed by atoms with Crippen molar-refractivity contribution in [2.45, 2.75) is 19.0 Å². The molecule has 7 heteroatoms. The van der Waals surface area contributed by atoms with Crippen LogP contribution in [0.3, 0.4) is 0 Å². The Hall–Kier alpha value is -2.28. The van der Waals surface area contributed by atoms with Gasteiger partial charge in [-0.1, -0.05) is 35.5 Å². The number of nitrogens with one attached hydrogen (secondary N) is 2. The predicted molar refractivity (Wildman–Crippen MR) is 64.1 cm³/mol. The first kappa shape index (κ1) is 12.2. The molecule has 0 aliphatic carbocycles. The van der Waals surface area contributed by atoms with Crippen molar-refractivity contribution in [3.05, 3.63) is 41.7 Å². The molecule has 0 unspecified atom stereocenters. The lowest BCUT2D eigenvalue weighted by molar-refractivity contribution is -0.122. The SMILES string of the molecule is N[C@@H](Cc1ccccc1)C(=O)NCc1nn[nH]n1. The van der Waals surface area contributed by atoms with E-state index in [2.05, 4.69) is 25.9 Å². The maximum absolute atomic E-state index is 11.7. The largest absolute Gasteiger partial charge is 0.347 e. The van der Waals surface area contributed by atoms with E-state index in [-0.39, 0.29) is 12.5 Å². The van der Waals surface area contributed by atoms with Crippen molar-refractivity contribution in [1.82, 2.24) is 25.9 Å². The number of hydrogen-bond donors (Lipinski definition) is 3. The summed E-state index contributed by atoms with van der Waals surface area (Å²) in [6.07, 6.45) is 0.499. The molecule has 0 spiro atoms. The van der Waals surface area contributed by atoms with Crippen LogP contribution in [0.2, 0.25) is 0 Å². The normalized spacial score (nSPS) is 12.1. The van der Waals surface area contributed by atoms with E-state index in [0.29, 0.717) is 12.2 Å². The Morgan fingerprint density at radius 2 is 2.17 bits per heavy atom. The van der Waals surface area contributed by atoms with Gasteiger partial charge in [0, 0.05) is 0 Å². The minimum atomic E-state index is -0.584. The first-order valence-corrected chi connectivity index (χ1v) is 5.55. The molecule has 0 aliphatic heterocycles. The van der Waals surface area contributed by atoms with Crippen molar-refractivity contribution < 1.29 is 4.79 Å². The Labute approximate surface area is 104 Å². The van der Waals surface area contributed by atoms with E-state index >= 15 is 0 Å². The van der Waals surface area contributed by atoms with Gasteiger partial charge in [0.15, 0.2) is 5.82 Å². The number of amides is 1. The summed E-state index contributed by atoms with van der Waals surface area (Å²) < 4.78 is 0. The minimum absolute atomic E-state index is 0.220. The quantitative estimate of drug-likeness (QED) is 0.651. The fourth-order valence-electron chi connectivity index (χ4n) is 1.52. The highest BCUT2D eigenvalue weighted by Gasteiger charge is 2.14. The molecule has 1 aromatic heterocycles. The lowest BCUT2D eigenvalue weighted by Gasteiger charge is -2.11. The van der Waals surface area contributed by atoms with Crippen molar-refractivity contribution in [2.75, 3.05) is 0 Å². The lowest BCUT2D eigenvalue weighted by Crippen LogP contribution is -2.41. The molecular formula is C11H14N6O. The van der Waals surface area contributed by atoms with Gasteiger partial charge in [0.1, 0.15) is 0 Å². The van der Waals surface area contributed by atoms with Gasteiger partial charge in [-0.15, -0.1) is 10.2 Å². The van der Waals surface area contributed by atoms with Gasteiger partial charge in [-0.2, -0.15) is 5.21 Å². The summed E-state index contributed by atoms with van der Waals surface area (Å²) in [4.78, 5) is 11.7. The Kier molecular flexibility index (Phi) is 3.98. The molecule has 1 atom stereocenters. The number of nitrogens with two attached hydrogens (primary N) is 1. The highest BCUT2D eigenvalue weighted by Crippen LogP contribution is 2.01. The van der Waals surface area contributed by atoms with Crippen molar-refractivity contribution in [1.29, 1.82) is 0 Å². The molecule has 0 fully saturated rings. The smallest absolute Gasteiger partial charge is 0.237 e. The highest BCUT2D eigenvalue weighted by atomic mass is 16.2. The van der Waals surface area contributed by atoms with Gasteiger partial charge in [0.2, 0.25) is 5.91 Å². The number of benzene rings is 1. The second kappa shape index (κ2) is 5.87. The van der Waals surface area contributed by atoms with E-state index in [9.17, 15) is 4.79 Å². The minimum Gasteiger partial charge on any atom is -0.347 e. The number of tetrazole rings is 1. The van der Waals surface area contributed by atoms with Crippen LogP contribution in [0.4, 0.5) is 0 Å². The van der Waals surface area contributed by atoms with Crippen molar-refractivity contribution in [2.24, 2.45) is 5.73 Å². The Morgan fingerprint density at radius 3 is 2.83 bits per heavy atom. The second-order valence-electron chi connectivity index (χ2n) is 3.84. The Balaban J connectivity index is 1.82. The standard InChI is InChI=1S/C11H14N6O/c12-9(6-8-4-2-1-3-5-8)11(18)13-7-10-14-16-17-15-10/h1-5,9H,6-7,12H2,(H,13,18)(H,14,15,16,17)/t9-/m0/s1. The zero-order valence-corrected chi connectivity index (χ0v) is 9.71. The number of hydrogen-bond acceptors (Lipinski definition) is 5. The molecule has 1 heterocycles. The van der Waals surface area contributed by atoms with Crippen LogP contribution >= 0.6 is 0 Å². The van der Waals surface area contributed by atoms with Crippen molar-refractivity contribution in [3.8, 4) is 0 Å². The predicted octanol–water partition coefficient (Wildman–Crippen LogP) is -0.614. The molecule has 1 aromatic carbocycles. The number of aromatic nitrogens is 4. The molecular weight excluding hydrogens is 232 g/mol. The third-order valence-corrected chi connectivity index (χ3v) is 2.45. The van der Waals surface area contributed by atoms with Gasteiger partial charge in [-0.25, -0.2) is 0 Å². The van der Waals surface area contributed by atoms with Crippen LogP contribution in [0.25, 0.3) is 0 Å². The molecule has 2 aromatic rings. The molecule has 0 aliphatic rings. The van der Waals surface area contributed by atoms with Gasteiger partial charge in [0.05, 0.1) is 12.6 Å². The van der Waals surface area contributed by atoms with Gasteiger partial charge >= 0.3 is 0 Å². The third kappa shape index (κ3) is 3.36. The maximum Gasteiger partial charge on any atom is 0.237 e. The van der Waals surface area contributed by atoms with Crippen LogP contribution in [0.15, 0.2) is 30.3 Å². The summed E-state index contributed by atoms with van der Waals surface area (Å²) in [6.45, 7) is 0.220. The fourth-order valence-corrected chi connectivity index (χ4v) is 1.52. The Bertz CT molecular complexity index is 483. The van der Waals surface area contributed by atoms with E-state index < -0.39 is 6.04 Å². The number of nitrogens with zero attached hydrogens (tertiary/aromatic N) is 3. The van der Waals surface area contributed by atoms with Crippen molar-refractivity contribution in [3.63, 3.8) is 0 Å². The molecule has 18 heavy (non-hydrogen) atoms. The van der Waals surface area contributed by atoms with Gasteiger partial charge in [-0.3, -0.25) is 4.79 Å². The van der Waals surface area contributed by atoms with Crippen LogP contribution in [0.1, 0.15) is 11.4 Å². The third-order valence-electron chi connectivity index (χ3n) is 2.45. The lowest BCUT2D eigenvalue weighted by atomic mass is 10.1. The van der Waals surface area contributed by atoms with E-state index in [0.717, 1.165) is 5.56 Å². The second-order valence-corrected chi connectivity index (χ2v) is 3.84. The molecule has 0 radical (unpaired) electrons. The number of H-pyrrole nitrogens is 1. The number of rotatable bonds is 5. The summed E-state index contributed by atoms with van der Waals surface area (Å²) in [7, 11) is 0. The highest BCUT2D eigenvalue weighted by molar-refractivity contribution is 5.81. The van der Waals surface area contributed by atoms with E-state index in [1.165, 1.54) is 0 Å². The Morgan fingerprint density at radius 1 is 1.39 bits per heavy atom. The molecule has 7 nitrogen and oxygen atoms in total. The van der Waals surface area contributed by atoms with E-state index in [4.69, 9.17) is 5.73 Å². The zero-order valence-electron chi connectivity index (χ0n) is 9.71. The fraction of sp³-hybridized carbons (Fsp3) is 0.273. The van der Waals surface area contributed by atoms with Gasteiger partial charge in [-0.05, 0) is 12.0 Å². The average molecular weight is 246 g/mol.